The molecule has 246 valence electrons. The molecule has 0 unspecified atom stereocenters. The van der Waals surface area contributed by atoms with Crippen molar-refractivity contribution in [1.29, 1.82) is 0 Å². The average molecular weight is 619 g/mol. The van der Waals surface area contributed by atoms with Gasteiger partial charge in [-0.1, -0.05) is 38.2 Å². The zero-order chi connectivity index (χ0) is 33.1. The molecule has 1 aromatic carbocycles. The molecule has 1 aliphatic heterocycles. The third-order valence-corrected chi connectivity index (χ3v) is 7.69. The zero-order valence-corrected chi connectivity index (χ0v) is 27.1. The summed E-state index contributed by atoms with van der Waals surface area (Å²) in [6.07, 6.45) is 3.10. The lowest BCUT2D eigenvalue weighted by molar-refractivity contribution is -0.112. The number of aliphatic hydroxyl groups excluding tert-OH is 1. The highest BCUT2D eigenvalue weighted by Crippen LogP contribution is 2.42. The van der Waals surface area contributed by atoms with E-state index < -0.39 is 42.3 Å². The van der Waals surface area contributed by atoms with E-state index in [1.165, 1.54) is 20.3 Å². The molecule has 0 aromatic heterocycles. The van der Waals surface area contributed by atoms with Gasteiger partial charge in [-0.15, -0.1) is 0 Å². The van der Waals surface area contributed by atoms with Crippen LogP contribution in [0.5, 0.6) is 11.5 Å². The van der Waals surface area contributed by atoms with Crippen molar-refractivity contribution in [2.45, 2.75) is 65.0 Å². The van der Waals surface area contributed by atoms with Crippen LogP contribution in [-0.2, 0) is 25.4 Å². The Balaban J connectivity index is 2.65. The first-order chi connectivity index (χ1) is 20.7. The van der Waals surface area contributed by atoms with Crippen molar-refractivity contribution < 1.29 is 39.1 Å². The lowest BCUT2D eigenvalue weighted by Gasteiger charge is -2.29. The molecule has 44 heavy (non-hydrogen) atoms. The monoisotopic (exact) mass is 618 g/mol. The first-order valence-electron chi connectivity index (χ1n) is 14.7. The molecule has 0 fully saturated rings. The van der Waals surface area contributed by atoms with E-state index in [0.717, 1.165) is 0 Å². The largest absolute Gasteiger partial charge is 0.506 e. The Morgan fingerprint density at radius 1 is 1.18 bits per heavy atom. The van der Waals surface area contributed by atoms with E-state index in [4.69, 9.17) is 19.9 Å². The molecule has 1 aromatic rings. The average Bonchev–Trinajstić information content (AvgIpc) is 2.95. The molecule has 12 heteroatoms. The molecule has 0 saturated heterocycles. The summed E-state index contributed by atoms with van der Waals surface area (Å²) in [6, 6.07) is 1.32. The molecular formula is C32H50N4O8. The highest BCUT2D eigenvalue weighted by molar-refractivity contribution is 6.04. The fourth-order valence-corrected chi connectivity index (χ4v) is 5.21. The van der Waals surface area contributed by atoms with E-state index in [9.17, 15) is 24.9 Å². The van der Waals surface area contributed by atoms with E-state index in [1.54, 1.807) is 38.2 Å². The second-order valence-electron chi connectivity index (χ2n) is 11.7. The number of primary amides is 1. The Morgan fingerprint density at radius 2 is 1.86 bits per heavy atom. The Bertz CT molecular complexity index is 1230. The number of aromatic hydroxyl groups is 2. The fourth-order valence-electron chi connectivity index (χ4n) is 5.21. The summed E-state index contributed by atoms with van der Waals surface area (Å²) in [5.41, 5.74) is 7.15. The number of methoxy groups -OCH3 is 2. The van der Waals surface area contributed by atoms with Gasteiger partial charge in [0.1, 0.15) is 17.6 Å². The van der Waals surface area contributed by atoms with E-state index >= 15 is 0 Å². The van der Waals surface area contributed by atoms with Crippen LogP contribution in [0, 0.1) is 11.8 Å². The number of nitrogens with two attached hydrogens (primary N) is 1. The molecule has 1 aliphatic rings. The van der Waals surface area contributed by atoms with Crippen LogP contribution >= 0.6 is 0 Å². The van der Waals surface area contributed by atoms with Crippen molar-refractivity contribution in [1.82, 2.24) is 4.90 Å². The smallest absolute Gasteiger partial charge is 0.405 e. The van der Waals surface area contributed by atoms with Crippen LogP contribution in [0.25, 0.3) is 0 Å². The first kappa shape index (κ1) is 36.6. The van der Waals surface area contributed by atoms with Gasteiger partial charge in [-0.25, -0.2) is 4.79 Å². The van der Waals surface area contributed by atoms with Crippen molar-refractivity contribution in [2.24, 2.45) is 17.6 Å². The number of phenols is 2. The van der Waals surface area contributed by atoms with Gasteiger partial charge in [0.2, 0.25) is 0 Å². The number of hydrogen-bond acceptors (Lipinski definition) is 10. The van der Waals surface area contributed by atoms with E-state index in [1.807, 2.05) is 32.8 Å². The molecule has 2 bridgehead atoms. The van der Waals surface area contributed by atoms with E-state index in [0.29, 0.717) is 48.3 Å². The van der Waals surface area contributed by atoms with Gasteiger partial charge in [0, 0.05) is 50.4 Å². The highest BCUT2D eigenvalue weighted by Gasteiger charge is 2.30. The van der Waals surface area contributed by atoms with Gasteiger partial charge in [-0.05, 0) is 52.3 Å². The van der Waals surface area contributed by atoms with Gasteiger partial charge in [-0.3, -0.25) is 4.79 Å². The fraction of sp³-hybridized carbons (Fsp3) is 0.562. The van der Waals surface area contributed by atoms with E-state index in [2.05, 4.69) is 10.6 Å². The van der Waals surface area contributed by atoms with Gasteiger partial charge >= 0.3 is 6.09 Å². The molecule has 1 heterocycles. The van der Waals surface area contributed by atoms with Crippen molar-refractivity contribution in [3.05, 3.63) is 47.1 Å². The summed E-state index contributed by atoms with van der Waals surface area (Å²) in [4.78, 5) is 26.8. The number of benzene rings is 1. The quantitative estimate of drug-likeness (QED) is 0.151. The summed E-state index contributed by atoms with van der Waals surface area (Å²) in [5, 5.41) is 39.6. The lowest BCUT2D eigenvalue weighted by atomic mass is 9.87. The number of anilines is 2. The maximum Gasteiger partial charge on any atom is 0.405 e. The molecule has 0 saturated carbocycles. The van der Waals surface area contributed by atoms with Crippen LogP contribution in [-0.4, -0.2) is 98.0 Å². The number of carbonyl (C=O) groups is 2. The number of carbonyl (C=O) groups excluding carboxylic acids is 2. The molecule has 0 radical (unpaired) electrons. The van der Waals surface area contributed by atoms with Crippen LogP contribution in [0.2, 0.25) is 0 Å². The number of aliphatic hydroxyl groups is 1. The predicted molar refractivity (Wildman–Crippen MR) is 171 cm³/mol. The van der Waals surface area contributed by atoms with Crippen LogP contribution < -0.4 is 16.4 Å². The van der Waals surface area contributed by atoms with Gasteiger partial charge in [0.05, 0.1) is 23.6 Å². The predicted octanol–water partition coefficient (Wildman–Crippen LogP) is 3.53. The minimum Gasteiger partial charge on any atom is -0.506 e. The summed E-state index contributed by atoms with van der Waals surface area (Å²) < 4.78 is 16.7. The summed E-state index contributed by atoms with van der Waals surface area (Å²) in [5.74, 6) is -1.32. The zero-order valence-electron chi connectivity index (χ0n) is 27.1. The number of nitrogens with one attached hydrogen (secondary N) is 2. The summed E-state index contributed by atoms with van der Waals surface area (Å²) in [6.45, 7) is 8.32. The second kappa shape index (κ2) is 17.0. The number of fused-ring (bicyclic) bond motifs is 2. The minimum atomic E-state index is -0.986. The first-order valence-corrected chi connectivity index (χ1v) is 14.7. The number of rotatable bonds is 7. The number of hydrogen-bond donors (Lipinski definition) is 6. The van der Waals surface area contributed by atoms with Crippen molar-refractivity contribution in [3.8, 4) is 11.5 Å². The molecule has 6 atom stereocenters. The number of ether oxygens (including phenoxy) is 3. The van der Waals surface area contributed by atoms with Gasteiger partial charge in [0.25, 0.3) is 5.91 Å². The highest BCUT2D eigenvalue weighted by atomic mass is 16.6. The number of allylic oxidation sites excluding steroid dienone is 2. The maximum atomic E-state index is 13.1. The van der Waals surface area contributed by atoms with Crippen LogP contribution in [0.15, 0.2) is 41.5 Å². The molecule has 0 spiro atoms. The maximum absolute atomic E-state index is 13.1. The van der Waals surface area contributed by atoms with E-state index in [-0.39, 0.29) is 23.1 Å². The minimum absolute atomic E-state index is 0.0592. The number of nitrogens with zero attached hydrogens (tertiary/aromatic N) is 1. The molecule has 2 amide bonds. The molecular weight excluding hydrogens is 568 g/mol. The Kier molecular flexibility index (Phi) is 14.2. The summed E-state index contributed by atoms with van der Waals surface area (Å²) in [7, 11) is 6.83. The SMILES string of the molecule is CO[C@H]1/C=C\C=C(/C)C(=O)Nc2cc(O)c(NCCN(C)C)c(c2O)C[C@@H](C)C[C@H](OC)[C@H](O)[C@@H](C)/C=C(\C)[C@H]1OC(N)=O. The van der Waals surface area contributed by atoms with Crippen LogP contribution in [0.4, 0.5) is 16.2 Å². The Hall–Kier alpha value is -3.58. The van der Waals surface area contributed by atoms with Gasteiger partial charge in [0.15, 0.2) is 6.10 Å². The van der Waals surface area contributed by atoms with Crippen molar-refractivity contribution in [3.63, 3.8) is 0 Å². The number of phenolic OH excluding ortho intramolecular Hbond substituents is 2. The standard InChI is InChI=1S/C32H50N4O8/c1-18-14-22-27(34-12-13-36(5)6)24(37)17-23(29(22)39)35-31(40)19(2)10-9-11-25(42-7)30(44-32(33)41)21(4)16-20(3)28(38)26(15-18)43-8/h9-11,16-18,20,25-26,28,30,34,37-39H,12-15H2,1-8H3,(H2,33,41)(H,35,40)/b11-9-,19-10+,21-16+/t18-,20+,25+,26+,28-,30-/m1/s1. The van der Waals surface area contributed by atoms with Crippen LogP contribution in [0.1, 0.15) is 39.7 Å². The second-order valence-corrected chi connectivity index (χ2v) is 11.7. The molecule has 7 N–H and O–H groups in total. The van der Waals surface area contributed by atoms with Crippen molar-refractivity contribution >= 4 is 23.4 Å². The number of amides is 2. The summed E-state index contributed by atoms with van der Waals surface area (Å²) >= 11 is 0. The third kappa shape index (κ3) is 10.3. The molecule has 12 nitrogen and oxygen atoms in total. The van der Waals surface area contributed by atoms with Gasteiger partial charge < -0.3 is 50.8 Å². The molecule has 2 rings (SSSR count). The lowest BCUT2D eigenvalue weighted by Crippen LogP contribution is -2.37. The Morgan fingerprint density at radius 3 is 2.45 bits per heavy atom. The molecule has 0 aliphatic carbocycles. The Labute approximate surface area is 260 Å². The third-order valence-electron chi connectivity index (χ3n) is 7.69. The number of likely N-dealkylation sites (N-methyl/N-ethyl adjacent to an activating group) is 1. The van der Waals surface area contributed by atoms with Crippen LogP contribution in [0.3, 0.4) is 0 Å². The van der Waals surface area contributed by atoms with Gasteiger partial charge in [-0.2, -0.15) is 0 Å². The topological polar surface area (TPSA) is 176 Å². The van der Waals surface area contributed by atoms with Crippen molar-refractivity contribution in [2.75, 3.05) is 52.0 Å². The normalized spacial score (nSPS) is 28.7.